The quantitative estimate of drug-likeness (QED) is 0.128. The Labute approximate surface area is 597 Å². The minimum Gasteiger partial charge on any atom is -0.0622 e. The van der Waals surface area contributed by atoms with Crippen LogP contribution in [0.5, 0.6) is 0 Å². The highest BCUT2D eigenvalue weighted by molar-refractivity contribution is 6.02. The molecule has 0 N–H and O–H groups in total. The molecule has 0 saturated carbocycles. The fourth-order valence-electron chi connectivity index (χ4n) is 18.8. The summed E-state index contributed by atoms with van der Waals surface area (Å²) in [7, 11) is 0. The molecule has 0 radical (unpaired) electrons. The lowest BCUT2D eigenvalue weighted by Gasteiger charge is -2.34. The number of hydrogen-bond donors (Lipinski definition) is 0. The summed E-state index contributed by atoms with van der Waals surface area (Å²) in [6.45, 7) is 9.20. The van der Waals surface area contributed by atoms with Gasteiger partial charge < -0.3 is 0 Å². The highest BCUT2D eigenvalue weighted by atomic mass is 14.5. The molecule has 0 aliphatic heterocycles. The van der Waals surface area contributed by atoms with Crippen LogP contribution in [0.25, 0.3) is 121 Å². The van der Waals surface area contributed by atoms with E-state index in [1.807, 2.05) is 0 Å². The Hall–Kier alpha value is -12.2. The monoisotopic (exact) mass is 1300 g/mol. The molecule has 0 spiro atoms. The van der Waals surface area contributed by atoms with E-state index in [0.717, 1.165) is 6.42 Å². The summed E-state index contributed by atoms with van der Waals surface area (Å²) in [5, 5.41) is 10.1. The molecular weight excluding hydrogens is 1230 g/mol. The Bertz CT molecular complexity index is 6270. The van der Waals surface area contributed by atoms with Crippen LogP contribution in [0, 0.1) is 13.8 Å². The van der Waals surface area contributed by atoms with Crippen molar-refractivity contribution in [1.29, 1.82) is 0 Å². The highest BCUT2D eigenvalue weighted by Crippen LogP contribution is 2.61. The summed E-state index contributed by atoms with van der Waals surface area (Å²) in [5.74, 6) is 0. The summed E-state index contributed by atoms with van der Waals surface area (Å²) in [6, 6.07) is 135. The second kappa shape index (κ2) is 22.9. The standard InChI is InChI=1S/C102H72/c1-64-35-37-72-57-78(44-39-70(72)51-64)90-63-98-92(85-29-16-18-32-93(85)102(98,81-25-10-6-11-26-81)82-27-12-7-13-28-82)62-89(90)67-45-48-83(49-46-67)101(80-23-8-5-9-24-80)94-33-19-17-30-87(94)99-84(31-20-34-95(99)101)77-43-40-71-54-66(36-38-73(71)56-77)55-79-53-65(2)52-76-42-41-74(58-88(76)79)75-47-50-86-91-59-68-21-14-15-22-69(68)60-97(91)100(3,4)96(86)61-75/h5-54,56-63H,55H2,1-4H3. The van der Waals surface area contributed by atoms with Crippen LogP contribution in [0.3, 0.4) is 0 Å². The van der Waals surface area contributed by atoms with Crippen LogP contribution in [-0.2, 0) is 22.7 Å². The summed E-state index contributed by atoms with van der Waals surface area (Å²) < 4.78 is 0. The van der Waals surface area contributed by atoms with Crippen LogP contribution in [-0.4, -0.2) is 0 Å². The van der Waals surface area contributed by atoms with Gasteiger partial charge in [-0.2, -0.15) is 0 Å². The molecule has 20 rings (SSSR count). The molecule has 0 aromatic heterocycles. The van der Waals surface area contributed by atoms with Gasteiger partial charge in [-0.15, -0.1) is 0 Å². The zero-order valence-corrected chi connectivity index (χ0v) is 57.7. The third-order valence-corrected chi connectivity index (χ3v) is 23.5. The van der Waals surface area contributed by atoms with Gasteiger partial charge in [-0.05, 0) is 257 Å². The molecular formula is C102H72. The van der Waals surface area contributed by atoms with Crippen molar-refractivity contribution in [2.24, 2.45) is 0 Å². The SMILES string of the molecule is Cc1ccc2cc(-c3cc4c(cc3-c3ccc(C5(c6ccccc6)c6ccccc6-c6c(-c7ccc8cc(Cc9cc(C)cc%10ccc(-c%11ccc%12c(c%11)C(C)(C)c%11cc%13ccccc%13cc%11-%12)cc9%10)ccc8c7)cccc65)cc3)-c3ccccc3C4(c3ccccc3)c3ccccc3)ccc2c1. The highest BCUT2D eigenvalue weighted by Gasteiger charge is 2.49. The average Bonchev–Trinajstić information content (AvgIpc) is 1.53. The molecule has 0 fully saturated rings. The minimum absolute atomic E-state index is 0.106. The predicted molar refractivity (Wildman–Crippen MR) is 429 cm³/mol. The first-order valence-corrected chi connectivity index (χ1v) is 36.1. The average molecular weight is 1300 g/mol. The molecule has 1 atom stereocenters. The Morgan fingerprint density at radius 1 is 0.225 bits per heavy atom. The van der Waals surface area contributed by atoms with Crippen molar-refractivity contribution in [2.75, 3.05) is 0 Å². The zero-order valence-electron chi connectivity index (χ0n) is 57.7. The molecule has 17 aromatic rings. The summed E-state index contributed by atoms with van der Waals surface area (Å²) in [6.07, 6.45) is 0.836. The van der Waals surface area contributed by atoms with Crippen LogP contribution in [0.2, 0.25) is 0 Å². The molecule has 0 saturated heterocycles. The maximum atomic E-state index is 2.55. The number of hydrogen-bond acceptors (Lipinski definition) is 0. The lowest BCUT2D eigenvalue weighted by Crippen LogP contribution is -2.28. The van der Waals surface area contributed by atoms with Gasteiger partial charge in [0.15, 0.2) is 0 Å². The maximum Gasteiger partial charge on any atom is 0.0713 e. The van der Waals surface area contributed by atoms with E-state index >= 15 is 0 Å². The van der Waals surface area contributed by atoms with E-state index in [1.165, 1.54) is 199 Å². The number of fused-ring (bicyclic) bond motifs is 13. The van der Waals surface area contributed by atoms with Crippen LogP contribution >= 0.6 is 0 Å². The Kier molecular flexibility index (Phi) is 13.4. The third-order valence-electron chi connectivity index (χ3n) is 23.5. The molecule has 0 amide bonds. The molecule has 480 valence electrons. The first-order chi connectivity index (χ1) is 50.1. The van der Waals surface area contributed by atoms with Crippen molar-refractivity contribution in [2.45, 2.75) is 50.4 Å². The lowest BCUT2D eigenvalue weighted by atomic mass is 9.67. The van der Waals surface area contributed by atoms with Gasteiger partial charge in [0.25, 0.3) is 0 Å². The van der Waals surface area contributed by atoms with Gasteiger partial charge in [0, 0.05) is 5.41 Å². The molecule has 17 aromatic carbocycles. The molecule has 102 heavy (non-hydrogen) atoms. The van der Waals surface area contributed by atoms with E-state index in [4.69, 9.17) is 0 Å². The predicted octanol–water partition coefficient (Wildman–Crippen LogP) is 26.2. The summed E-state index contributed by atoms with van der Waals surface area (Å²) in [5.41, 5.74) is 34.5. The number of aryl methyl sites for hydroxylation is 2. The largest absolute Gasteiger partial charge is 0.0713 e. The van der Waals surface area contributed by atoms with Gasteiger partial charge in [-0.25, -0.2) is 0 Å². The van der Waals surface area contributed by atoms with Crippen molar-refractivity contribution in [3.63, 3.8) is 0 Å². The molecule has 3 aliphatic rings. The van der Waals surface area contributed by atoms with E-state index in [0.29, 0.717) is 0 Å². The molecule has 3 aliphatic carbocycles. The van der Waals surface area contributed by atoms with Crippen molar-refractivity contribution < 1.29 is 0 Å². The summed E-state index contributed by atoms with van der Waals surface area (Å²) in [4.78, 5) is 0. The van der Waals surface area contributed by atoms with Gasteiger partial charge in [0.05, 0.1) is 10.8 Å². The van der Waals surface area contributed by atoms with Crippen LogP contribution in [0.4, 0.5) is 0 Å². The third kappa shape index (κ3) is 9.02. The fourth-order valence-corrected chi connectivity index (χ4v) is 18.8. The van der Waals surface area contributed by atoms with Crippen LogP contribution in [0.1, 0.15) is 91.7 Å². The first kappa shape index (κ1) is 59.8. The Balaban J connectivity index is 0.677. The molecule has 0 heteroatoms. The maximum absolute atomic E-state index is 2.55. The van der Waals surface area contributed by atoms with E-state index in [1.54, 1.807) is 0 Å². The van der Waals surface area contributed by atoms with Gasteiger partial charge in [0.1, 0.15) is 0 Å². The van der Waals surface area contributed by atoms with E-state index in [9.17, 15) is 0 Å². The van der Waals surface area contributed by atoms with Crippen molar-refractivity contribution in [3.05, 3.63) is 430 Å². The van der Waals surface area contributed by atoms with Crippen molar-refractivity contribution in [3.8, 4) is 77.9 Å². The normalized spacial score (nSPS) is 14.9. The number of benzene rings is 17. The van der Waals surface area contributed by atoms with E-state index < -0.39 is 10.8 Å². The number of rotatable bonds is 10. The van der Waals surface area contributed by atoms with Gasteiger partial charge in [0.2, 0.25) is 0 Å². The Morgan fingerprint density at radius 3 is 1.40 bits per heavy atom. The fraction of sp³-hybridized carbons (Fsp3) is 0.0784. The van der Waals surface area contributed by atoms with Crippen molar-refractivity contribution in [1.82, 2.24) is 0 Å². The topological polar surface area (TPSA) is 0 Å². The van der Waals surface area contributed by atoms with Gasteiger partial charge in [-0.1, -0.05) is 328 Å². The van der Waals surface area contributed by atoms with Gasteiger partial charge >= 0.3 is 0 Å². The molecule has 0 heterocycles. The molecule has 1 unspecified atom stereocenters. The second-order valence-corrected chi connectivity index (χ2v) is 29.6. The van der Waals surface area contributed by atoms with Crippen LogP contribution in [0.15, 0.2) is 352 Å². The zero-order chi connectivity index (χ0) is 68.0. The first-order valence-electron chi connectivity index (χ1n) is 36.1. The lowest BCUT2D eigenvalue weighted by molar-refractivity contribution is 0.661. The second-order valence-electron chi connectivity index (χ2n) is 29.6. The van der Waals surface area contributed by atoms with Gasteiger partial charge in [-0.3, -0.25) is 0 Å². The molecule has 0 nitrogen and oxygen atoms in total. The smallest absolute Gasteiger partial charge is 0.0622 e. The summed E-state index contributed by atoms with van der Waals surface area (Å²) >= 11 is 0. The van der Waals surface area contributed by atoms with Crippen molar-refractivity contribution >= 4 is 43.1 Å². The van der Waals surface area contributed by atoms with Crippen LogP contribution < -0.4 is 0 Å². The Morgan fingerprint density at radius 2 is 0.686 bits per heavy atom. The van der Waals surface area contributed by atoms with E-state index in [2.05, 4.69) is 380 Å². The molecule has 0 bridgehead atoms. The minimum atomic E-state index is -0.615. The van der Waals surface area contributed by atoms with E-state index in [-0.39, 0.29) is 5.41 Å².